The fraction of sp³-hybridized carbons (Fsp3) is 0.625. The van der Waals surface area contributed by atoms with Crippen LogP contribution in [0.2, 0.25) is 0 Å². The second-order valence-corrected chi connectivity index (χ2v) is 5.72. The molecule has 0 spiro atoms. The molecule has 1 atom stereocenters. The molecule has 1 unspecified atom stereocenters. The largest absolute Gasteiger partial charge is 0.385 e. The van der Waals surface area contributed by atoms with E-state index in [1.807, 2.05) is 0 Å². The molecule has 0 saturated carbocycles. The normalized spacial score (nSPS) is 20.9. The summed E-state index contributed by atoms with van der Waals surface area (Å²) in [5, 5.41) is 3.57. The molecule has 100 valence electrons. The van der Waals surface area contributed by atoms with Crippen LogP contribution in [0.15, 0.2) is 18.2 Å². The molecule has 2 nitrogen and oxygen atoms in total. The summed E-state index contributed by atoms with van der Waals surface area (Å²) in [6, 6.07) is 7.46. The summed E-state index contributed by atoms with van der Waals surface area (Å²) in [4.78, 5) is 2.52. The maximum Gasteiger partial charge on any atom is 0.0345 e. The predicted molar refractivity (Wildman–Crippen MR) is 79.3 cm³/mol. The Balaban J connectivity index is 1.80. The van der Waals surface area contributed by atoms with Crippen LogP contribution in [0.25, 0.3) is 0 Å². The van der Waals surface area contributed by atoms with Crippen LogP contribution in [0, 0.1) is 13.8 Å². The van der Waals surface area contributed by atoms with Gasteiger partial charge in [0.2, 0.25) is 0 Å². The lowest BCUT2D eigenvalue weighted by atomic mass is 10.00. The summed E-state index contributed by atoms with van der Waals surface area (Å²) in [7, 11) is 2.26. The Hall–Kier alpha value is -1.02. The molecule has 0 aromatic heterocycles. The van der Waals surface area contributed by atoms with Gasteiger partial charge >= 0.3 is 0 Å². The van der Waals surface area contributed by atoms with Crippen molar-refractivity contribution in [3.8, 4) is 0 Å². The summed E-state index contributed by atoms with van der Waals surface area (Å²) in [5.41, 5.74) is 3.95. The lowest BCUT2D eigenvalue weighted by molar-refractivity contribution is 0.179. The van der Waals surface area contributed by atoms with Gasteiger partial charge in [0.15, 0.2) is 0 Å². The molecule has 1 aromatic rings. The van der Waals surface area contributed by atoms with Crippen LogP contribution >= 0.6 is 0 Å². The molecule has 2 rings (SSSR count). The quantitative estimate of drug-likeness (QED) is 0.873. The molecule has 1 aliphatic rings. The van der Waals surface area contributed by atoms with Gasteiger partial charge in [-0.25, -0.2) is 0 Å². The number of benzene rings is 1. The monoisotopic (exact) mass is 246 g/mol. The van der Waals surface area contributed by atoms with Crippen LogP contribution in [-0.4, -0.2) is 31.1 Å². The van der Waals surface area contributed by atoms with Gasteiger partial charge in [-0.1, -0.05) is 12.5 Å². The minimum absolute atomic E-state index is 0.775. The third-order valence-electron chi connectivity index (χ3n) is 3.95. The number of anilines is 1. The third-order valence-corrected chi connectivity index (χ3v) is 3.95. The van der Waals surface area contributed by atoms with Gasteiger partial charge in [-0.3, -0.25) is 0 Å². The first kappa shape index (κ1) is 13.4. The lowest BCUT2D eigenvalue weighted by Gasteiger charge is -2.32. The zero-order valence-electron chi connectivity index (χ0n) is 12.0. The van der Waals surface area contributed by atoms with Crippen molar-refractivity contribution >= 4 is 5.69 Å². The molecular formula is C16H26N2. The van der Waals surface area contributed by atoms with Crippen molar-refractivity contribution in [3.05, 3.63) is 29.3 Å². The van der Waals surface area contributed by atoms with E-state index in [4.69, 9.17) is 0 Å². The van der Waals surface area contributed by atoms with Crippen LogP contribution in [0.3, 0.4) is 0 Å². The van der Waals surface area contributed by atoms with Crippen LogP contribution < -0.4 is 5.32 Å². The lowest BCUT2D eigenvalue weighted by Crippen LogP contribution is -2.37. The number of nitrogens with zero attached hydrogens (tertiary/aromatic N) is 1. The van der Waals surface area contributed by atoms with E-state index >= 15 is 0 Å². The molecule has 1 N–H and O–H groups in total. The van der Waals surface area contributed by atoms with Crippen molar-refractivity contribution in [3.63, 3.8) is 0 Å². The minimum Gasteiger partial charge on any atom is -0.385 e. The highest BCUT2D eigenvalue weighted by molar-refractivity contribution is 5.48. The summed E-state index contributed by atoms with van der Waals surface area (Å²) in [6.45, 7) is 6.67. The van der Waals surface area contributed by atoms with Crippen LogP contribution in [0.4, 0.5) is 5.69 Å². The van der Waals surface area contributed by atoms with Crippen LogP contribution in [0.5, 0.6) is 0 Å². The van der Waals surface area contributed by atoms with E-state index in [2.05, 4.69) is 49.3 Å². The first-order chi connectivity index (χ1) is 8.65. The Morgan fingerprint density at radius 3 is 2.56 bits per heavy atom. The Kier molecular flexibility index (Phi) is 4.65. The molecule has 2 heteroatoms. The van der Waals surface area contributed by atoms with E-state index in [9.17, 15) is 0 Å². The highest BCUT2D eigenvalue weighted by Crippen LogP contribution is 2.18. The number of rotatable bonds is 4. The standard InChI is InChI=1S/C16H26N2/c1-13-10-14(2)12-15(11-13)17-8-7-16-6-4-5-9-18(16)3/h10-12,16-17H,4-9H2,1-3H3. The number of hydrogen-bond donors (Lipinski definition) is 1. The van der Waals surface area contributed by atoms with Gasteiger partial charge in [0.1, 0.15) is 0 Å². The Morgan fingerprint density at radius 2 is 1.89 bits per heavy atom. The van der Waals surface area contributed by atoms with Crippen LogP contribution in [-0.2, 0) is 0 Å². The zero-order valence-corrected chi connectivity index (χ0v) is 12.0. The van der Waals surface area contributed by atoms with E-state index in [1.54, 1.807) is 0 Å². The molecule has 1 fully saturated rings. The smallest absolute Gasteiger partial charge is 0.0345 e. The first-order valence-electron chi connectivity index (χ1n) is 7.17. The van der Waals surface area contributed by atoms with Crippen molar-refractivity contribution in [1.82, 2.24) is 4.90 Å². The predicted octanol–water partition coefficient (Wildman–Crippen LogP) is 3.59. The molecule has 0 radical (unpaired) electrons. The maximum atomic E-state index is 3.57. The molecule has 1 heterocycles. The molecular weight excluding hydrogens is 220 g/mol. The molecule has 0 bridgehead atoms. The molecule has 0 aliphatic carbocycles. The van der Waals surface area contributed by atoms with Gasteiger partial charge in [-0.2, -0.15) is 0 Å². The van der Waals surface area contributed by atoms with Gasteiger partial charge < -0.3 is 10.2 Å². The minimum atomic E-state index is 0.775. The average Bonchev–Trinajstić information content (AvgIpc) is 2.30. The number of nitrogens with one attached hydrogen (secondary N) is 1. The van der Waals surface area contributed by atoms with E-state index in [-0.39, 0.29) is 0 Å². The Bertz CT molecular complexity index is 366. The van der Waals surface area contributed by atoms with E-state index in [1.165, 1.54) is 49.0 Å². The van der Waals surface area contributed by atoms with Crippen molar-refractivity contribution < 1.29 is 0 Å². The number of aryl methyl sites for hydroxylation is 2. The maximum absolute atomic E-state index is 3.57. The molecule has 1 saturated heterocycles. The van der Waals surface area contributed by atoms with Gasteiger partial charge in [0.25, 0.3) is 0 Å². The summed E-state index contributed by atoms with van der Waals surface area (Å²) < 4.78 is 0. The highest BCUT2D eigenvalue weighted by atomic mass is 15.1. The number of hydrogen-bond acceptors (Lipinski definition) is 2. The van der Waals surface area contributed by atoms with E-state index in [0.717, 1.165) is 12.6 Å². The Morgan fingerprint density at radius 1 is 1.17 bits per heavy atom. The molecule has 1 aromatic carbocycles. The van der Waals surface area contributed by atoms with Crippen molar-refractivity contribution in [1.29, 1.82) is 0 Å². The topological polar surface area (TPSA) is 15.3 Å². The third kappa shape index (κ3) is 3.74. The van der Waals surface area contributed by atoms with E-state index < -0.39 is 0 Å². The fourth-order valence-corrected chi connectivity index (χ4v) is 2.97. The summed E-state index contributed by atoms with van der Waals surface area (Å²) in [6.07, 6.45) is 5.39. The highest BCUT2D eigenvalue weighted by Gasteiger charge is 2.17. The van der Waals surface area contributed by atoms with Gasteiger partial charge in [-0.05, 0) is 70.0 Å². The summed E-state index contributed by atoms with van der Waals surface area (Å²) in [5.74, 6) is 0. The average molecular weight is 246 g/mol. The van der Waals surface area contributed by atoms with Gasteiger partial charge in [0.05, 0.1) is 0 Å². The van der Waals surface area contributed by atoms with Crippen molar-refractivity contribution in [2.75, 3.05) is 25.5 Å². The van der Waals surface area contributed by atoms with E-state index in [0.29, 0.717) is 0 Å². The molecule has 18 heavy (non-hydrogen) atoms. The number of likely N-dealkylation sites (tertiary alicyclic amines) is 1. The van der Waals surface area contributed by atoms with Gasteiger partial charge in [-0.15, -0.1) is 0 Å². The molecule has 0 amide bonds. The first-order valence-corrected chi connectivity index (χ1v) is 7.17. The van der Waals surface area contributed by atoms with Crippen LogP contribution in [0.1, 0.15) is 36.8 Å². The van der Waals surface area contributed by atoms with Gasteiger partial charge in [0, 0.05) is 18.3 Å². The Labute approximate surface area is 111 Å². The second-order valence-electron chi connectivity index (χ2n) is 5.72. The zero-order chi connectivity index (χ0) is 13.0. The fourth-order valence-electron chi connectivity index (χ4n) is 2.97. The summed E-state index contributed by atoms with van der Waals surface area (Å²) >= 11 is 0. The number of piperidine rings is 1. The van der Waals surface area contributed by atoms with Crippen molar-refractivity contribution in [2.24, 2.45) is 0 Å². The second kappa shape index (κ2) is 6.24. The SMILES string of the molecule is Cc1cc(C)cc(NCCC2CCCCN2C)c1. The van der Waals surface area contributed by atoms with Crippen molar-refractivity contribution in [2.45, 2.75) is 45.6 Å². The molecule has 1 aliphatic heterocycles.